The van der Waals surface area contributed by atoms with Crippen molar-refractivity contribution in [2.75, 3.05) is 11.9 Å². The number of benzene rings is 1. The number of likely N-dealkylation sites (tertiary alicyclic amines) is 1. The van der Waals surface area contributed by atoms with Crippen LogP contribution in [0.5, 0.6) is 0 Å². The van der Waals surface area contributed by atoms with Crippen molar-refractivity contribution in [2.24, 2.45) is 0 Å². The lowest BCUT2D eigenvalue weighted by Crippen LogP contribution is -2.45. The number of thiocarbonyl (C=S) groups is 1. The SMILES string of the molecule is CC[C@@H]1CCCCN1C(=S)Nc1cc(C)cc(C)c1. The van der Waals surface area contributed by atoms with Gasteiger partial charge in [0.05, 0.1) is 0 Å². The first kappa shape index (κ1) is 14.3. The zero-order valence-corrected chi connectivity index (χ0v) is 13.0. The molecule has 2 nitrogen and oxygen atoms in total. The van der Waals surface area contributed by atoms with E-state index in [0.29, 0.717) is 6.04 Å². The van der Waals surface area contributed by atoms with Crippen molar-refractivity contribution in [3.05, 3.63) is 29.3 Å². The van der Waals surface area contributed by atoms with E-state index in [4.69, 9.17) is 12.2 Å². The number of hydrogen-bond acceptors (Lipinski definition) is 1. The largest absolute Gasteiger partial charge is 0.346 e. The molecule has 2 rings (SSSR count). The molecular weight excluding hydrogens is 252 g/mol. The van der Waals surface area contributed by atoms with Crippen molar-refractivity contribution in [3.63, 3.8) is 0 Å². The quantitative estimate of drug-likeness (QED) is 0.812. The van der Waals surface area contributed by atoms with Gasteiger partial charge in [0.2, 0.25) is 0 Å². The van der Waals surface area contributed by atoms with Gasteiger partial charge in [-0.15, -0.1) is 0 Å². The first-order valence-electron chi connectivity index (χ1n) is 7.26. The molecule has 1 fully saturated rings. The zero-order chi connectivity index (χ0) is 13.8. The lowest BCUT2D eigenvalue weighted by molar-refractivity contribution is 0.239. The molecule has 0 unspecified atom stereocenters. The zero-order valence-electron chi connectivity index (χ0n) is 12.2. The predicted octanol–water partition coefficient (Wildman–Crippen LogP) is 4.26. The van der Waals surface area contributed by atoms with Crippen LogP contribution in [0, 0.1) is 13.8 Å². The fourth-order valence-electron chi connectivity index (χ4n) is 2.93. The van der Waals surface area contributed by atoms with Crippen LogP contribution in [-0.2, 0) is 0 Å². The smallest absolute Gasteiger partial charge is 0.173 e. The highest BCUT2D eigenvalue weighted by molar-refractivity contribution is 7.80. The minimum atomic E-state index is 0.611. The van der Waals surface area contributed by atoms with Crippen molar-refractivity contribution in [1.82, 2.24) is 4.90 Å². The summed E-state index contributed by atoms with van der Waals surface area (Å²) in [7, 11) is 0. The van der Waals surface area contributed by atoms with Crippen LogP contribution in [0.4, 0.5) is 5.69 Å². The Kier molecular flexibility index (Phi) is 4.81. The Morgan fingerprint density at radius 1 is 1.26 bits per heavy atom. The average molecular weight is 276 g/mol. The molecule has 104 valence electrons. The van der Waals surface area contributed by atoms with Crippen molar-refractivity contribution in [3.8, 4) is 0 Å². The number of piperidine rings is 1. The van der Waals surface area contributed by atoms with Crippen molar-refractivity contribution >= 4 is 23.0 Å². The number of anilines is 1. The molecule has 0 aliphatic carbocycles. The first-order valence-corrected chi connectivity index (χ1v) is 7.67. The van der Waals surface area contributed by atoms with Gasteiger partial charge in [0, 0.05) is 18.3 Å². The Labute approximate surface area is 122 Å². The second-order valence-electron chi connectivity index (χ2n) is 5.56. The van der Waals surface area contributed by atoms with Crippen LogP contribution in [-0.4, -0.2) is 22.6 Å². The number of nitrogens with zero attached hydrogens (tertiary/aromatic N) is 1. The van der Waals surface area contributed by atoms with Crippen LogP contribution in [0.3, 0.4) is 0 Å². The standard InChI is InChI=1S/C16H24N2S/c1-4-15-7-5-6-8-18(15)16(19)17-14-10-12(2)9-13(3)11-14/h9-11,15H,4-8H2,1-3H3,(H,17,19)/t15-/m1/s1. The minimum absolute atomic E-state index is 0.611. The molecule has 1 aliphatic rings. The van der Waals surface area contributed by atoms with Gasteiger partial charge in [-0.05, 0) is 75.0 Å². The number of aryl methyl sites for hydroxylation is 2. The second-order valence-corrected chi connectivity index (χ2v) is 5.94. The van der Waals surface area contributed by atoms with E-state index >= 15 is 0 Å². The van der Waals surface area contributed by atoms with E-state index in [9.17, 15) is 0 Å². The van der Waals surface area contributed by atoms with Crippen LogP contribution in [0.25, 0.3) is 0 Å². The number of rotatable bonds is 2. The summed E-state index contributed by atoms with van der Waals surface area (Å²) in [6.45, 7) is 7.59. The summed E-state index contributed by atoms with van der Waals surface area (Å²) in [5.41, 5.74) is 3.66. The van der Waals surface area contributed by atoms with Gasteiger partial charge in [-0.3, -0.25) is 0 Å². The van der Waals surface area contributed by atoms with Gasteiger partial charge in [-0.1, -0.05) is 13.0 Å². The van der Waals surface area contributed by atoms with Crippen LogP contribution in [0.2, 0.25) is 0 Å². The van der Waals surface area contributed by atoms with Crippen LogP contribution >= 0.6 is 12.2 Å². The van der Waals surface area contributed by atoms with Gasteiger partial charge in [0.25, 0.3) is 0 Å². The fourth-order valence-corrected chi connectivity index (χ4v) is 3.29. The van der Waals surface area contributed by atoms with Gasteiger partial charge in [0.15, 0.2) is 5.11 Å². The van der Waals surface area contributed by atoms with E-state index in [1.165, 1.54) is 36.8 Å². The highest BCUT2D eigenvalue weighted by Crippen LogP contribution is 2.21. The molecule has 0 amide bonds. The molecule has 1 atom stereocenters. The first-order chi connectivity index (χ1) is 9.10. The topological polar surface area (TPSA) is 15.3 Å². The second kappa shape index (κ2) is 6.38. The maximum atomic E-state index is 5.60. The van der Waals surface area contributed by atoms with E-state index in [2.05, 4.69) is 49.2 Å². The molecule has 0 saturated carbocycles. The fraction of sp³-hybridized carbons (Fsp3) is 0.562. The molecule has 0 radical (unpaired) electrons. The third kappa shape index (κ3) is 3.69. The lowest BCUT2D eigenvalue weighted by atomic mass is 10.0. The van der Waals surface area contributed by atoms with E-state index in [1.807, 2.05) is 0 Å². The average Bonchev–Trinajstić information content (AvgIpc) is 2.37. The summed E-state index contributed by atoms with van der Waals surface area (Å²) in [5.74, 6) is 0. The Bertz CT molecular complexity index is 436. The molecule has 19 heavy (non-hydrogen) atoms. The molecule has 1 aromatic rings. The third-order valence-electron chi connectivity index (χ3n) is 3.83. The number of nitrogens with one attached hydrogen (secondary N) is 1. The van der Waals surface area contributed by atoms with Gasteiger partial charge >= 0.3 is 0 Å². The molecule has 1 heterocycles. The lowest BCUT2D eigenvalue weighted by Gasteiger charge is -2.37. The molecular formula is C16H24N2S. The monoisotopic (exact) mass is 276 g/mol. The Morgan fingerprint density at radius 2 is 1.95 bits per heavy atom. The van der Waals surface area contributed by atoms with E-state index in [-0.39, 0.29) is 0 Å². The van der Waals surface area contributed by atoms with Gasteiger partial charge in [-0.2, -0.15) is 0 Å². The Hall–Kier alpha value is -1.09. The number of hydrogen-bond donors (Lipinski definition) is 1. The molecule has 1 saturated heterocycles. The summed E-state index contributed by atoms with van der Waals surface area (Å²) in [5, 5.41) is 4.30. The Balaban J connectivity index is 2.07. The normalized spacial score (nSPS) is 19.3. The van der Waals surface area contributed by atoms with E-state index in [1.54, 1.807) is 0 Å². The molecule has 0 bridgehead atoms. The maximum Gasteiger partial charge on any atom is 0.173 e. The molecule has 0 aromatic heterocycles. The summed E-state index contributed by atoms with van der Waals surface area (Å²) >= 11 is 5.60. The van der Waals surface area contributed by atoms with Gasteiger partial charge in [0.1, 0.15) is 0 Å². The predicted molar refractivity (Wildman–Crippen MR) is 86.8 cm³/mol. The molecule has 1 N–H and O–H groups in total. The molecule has 0 spiro atoms. The highest BCUT2D eigenvalue weighted by atomic mass is 32.1. The van der Waals surface area contributed by atoms with Crippen LogP contribution in [0.1, 0.15) is 43.7 Å². The van der Waals surface area contributed by atoms with Crippen LogP contribution in [0.15, 0.2) is 18.2 Å². The Morgan fingerprint density at radius 3 is 2.58 bits per heavy atom. The van der Waals surface area contributed by atoms with E-state index in [0.717, 1.165) is 17.3 Å². The third-order valence-corrected chi connectivity index (χ3v) is 4.17. The maximum absolute atomic E-state index is 5.60. The van der Waals surface area contributed by atoms with Crippen LogP contribution < -0.4 is 5.32 Å². The summed E-state index contributed by atoms with van der Waals surface area (Å²) in [4.78, 5) is 2.37. The van der Waals surface area contributed by atoms with Crippen molar-refractivity contribution < 1.29 is 0 Å². The molecule has 1 aromatic carbocycles. The van der Waals surface area contributed by atoms with Crippen molar-refractivity contribution in [1.29, 1.82) is 0 Å². The van der Waals surface area contributed by atoms with Crippen molar-refractivity contribution in [2.45, 2.75) is 52.5 Å². The van der Waals surface area contributed by atoms with Gasteiger partial charge < -0.3 is 10.2 Å². The molecule has 1 aliphatic heterocycles. The van der Waals surface area contributed by atoms with Gasteiger partial charge in [-0.25, -0.2) is 0 Å². The van der Waals surface area contributed by atoms with E-state index < -0.39 is 0 Å². The summed E-state index contributed by atoms with van der Waals surface area (Å²) in [6, 6.07) is 7.11. The molecule has 3 heteroatoms. The summed E-state index contributed by atoms with van der Waals surface area (Å²) in [6.07, 6.45) is 5.03. The summed E-state index contributed by atoms with van der Waals surface area (Å²) < 4.78 is 0. The highest BCUT2D eigenvalue weighted by Gasteiger charge is 2.22. The minimum Gasteiger partial charge on any atom is -0.346 e.